The Labute approximate surface area is 204 Å². The van der Waals surface area contributed by atoms with Crippen LogP contribution in [-0.2, 0) is 11.3 Å². The fraction of sp³-hybridized carbons (Fsp3) is 0.560. The highest BCUT2D eigenvalue weighted by Crippen LogP contribution is 2.25. The lowest BCUT2D eigenvalue weighted by Gasteiger charge is -2.36. The van der Waals surface area contributed by atoms with Crippen molar-refractivity contribution in [2.75, 3.05) is 13.1 Å². The van der Waals surface area contributed by atoms with Crippen molar-refractivity contribution in [3.05, 3.63) is 54.6 Å². The number of carbonyl (C=O) groups excluding carboxylic acids is 2. The topological polar surface area (TPSA) is 61.4 Å². The van der Waals surface area contributed by atoms with Crippen LogP contribution in [0.15, 0.2) is 18.2 Å². The lowest BCUT2D eigenvalue weighted by molar-refractivity contribution is -0.120. The van der Waals surface area contributed by atoms with Gasteiger partial charge in [-0.2, -0.15) is 0 Å². The highest BCUT2D eigenvalue weighted by molar-refractivity contribution is 6.35. The lowest BCUT2D eigenvalue weighted by atomic mass is 9.90. The minimum absolute atomic E-state index is 0. The second-order valence-corrected chi connectivity index (χ2v) is 9.16. The Hall–Kier alpha value is -1.46. The van der Waals surface area contributed by atoms with Crippen LogP contribution >= 0.6 is 23.2 Å². The number of hydrogen-bond acceptors (Lipinski definition) is 2. The molecule has 1 atom stereocenters. The number of halogens is 2. The fourth-order valence-electron chi connectivity index (χ4n) is 4.31. The summed E-state index contributed by atoms with van der Waals surface area (Å²) in [5.41, 5.74) is 0.831. The number of carbonyl (C=O) groups is 2. The molecule has 3 rings (SSSR count). The molecule has 0 aromatic heterocycles. The van der Waals surface area contributed by atoms with Gasteiger partial charge in [-0.1, -0.05) is 76.2 Å². The third kappa shape index (κ3) is 8.47. The van der Waals surface area contributed by atoms with Crippen LogP contribution in [0.4, 0.5) is 4.79 Å². The van der Waals surface area contributed by atoms with E-state index in [1.165, 1.54) is 19.3 Å². The molecule has 5 radical (unpaired) electrons. The molecule has 0 spiro atoms. The molecule has 5 nitrogen and oxygen atoms in total. The minimum Gasteiger partial charge on any atom is -0.354 e. The zero-order valence-corrected chi connectivity index (χ0v) is 20.4. The van der Waals surface area contributed by atoms with Gasteiger partial charge in [0.25, 0.3) is 0 Å². The van der Waals surface area contributed by atoms with Gasteiger partial charge in [-0.3, -0.25) is 4.79 Å². The number of likely N-dealkylation sites (tertiary alicyclic amines) is 1. The molecule has 1 saturated carbocycles. The zero-order valence-electron chi connectivity index (χ0n) is 18.9. The standard InChI is InChI=1S/C23H32Cl2N3O2.2CH2/c24-19-12-11-18(21(25)14-19)15-27-23(30)28-13-7-6-10-20(28)16-26-22(29)17-8-4-2-1-3-5-9-17;;/h11-12,14,20H,1-10,13,15-16H2,(H,26,29)(H,27,30);2*1H2. The Balaban J connectivity index is 0.00000256. The number of piperidine rings is 1. The summed E-state index contributed by atoms with van der Waals surface area (Å²) in [6.07, 6.45) is 10.7. The average molecular weight is 481 g/mol. The van der Waals surface area contributed by atoms with Crippen LogP contribution in [0, 0.1) is 20.8 Å². The van der Waals surface area contributed by atoms with E-state index in [-0.39, 0.29) is 32.8 Å². The third-order valence-corrected chi connectivity index (χ3v) is 6.70. The second-order valence-electron chi connectivity index (χ2n) is 8.32. The summed E-state index contributed by atoms with van der Waals surface area (Å²) in [5.74, 6) is 1.11. The van der Waals surface area contributed by atoms with Crippen molar-refractivity contribution in [1.29, 1.82) is 0 Å². The molecule has 0 bridgehead atoms. The van der Waals surface area contributed by atoms with E-state index < -0.39 is 0 Å². The summed E-state index contributed by atoms with van der Waals surface area (Å²) in [6.45, 7) is 1.57. The van der Waals surface area contributed by atoms with E-state index in [1.807, 2.05) is 11.0 Å². The lowest BCUT2D eigenvalue weighted by Crippen LogP contribution is -2.53. The van der Waals surface area contributed by atoms with E-state index in [2.05, 4.69) is 10.6 Å². The van der Waals surface area contributed by atoms with E-state index in [0.29, 0.717) is 29.7 Å². The zero-order chi connectivity index (χ0) is 21.3. The molecule has 1 aromatic rings. The maximum absolute atomic E-state index is 12.8. The summed E-state index contributed by atoms with van der Waals surface area (Å²) in [7, 11) is 0. The molecule has 1 saturated heterocycles. The molecular formula is C25H36Cl2N3O2. The van der Waals surface area contributed by atoms with Gasteiger partial charge in [0.1, 0.15) is 0 Å². The van der Waals surface area contributed by atoms with Crippen molar-refractivity contribution in [3.8, 4) is 0 Å². The van der Waals surface area contributed by atoms with E-state index in [0.717, 1.165) is 56.4 Å². The van der Waals surface area contributed by atoms with E-state index in [4.69, 9.17) is 23.2 Å². The third-order valence-electron chi connectivity index (χ3n) is 6.11. The van der Waals surface area contributed by atoms with Gasteiger partial charge in [0.2, 0.25) is 5.91 Å². The molecule has 1 aliphatic heterocycles. The smallest absolute Gasteiger partial charge is 0.317 e. The number of amides is 3. The number of rotatable bonds is 5. The van der Waals surface area contributed by atoms with E-state index in [1.54, 1.807) is 12.1 Å². The molecule has 2 fully saturated rings. The maximum Gasteiger partial charge on any atom is 0.317 e. The fourth-order valence-corrected chi connectivity index (χ4v) is 4.79. The maximum atomic E-state index is 12.8. The van der Waals surface area contributed by atoms with Crippen molar-refractivity contribution < 1.29 is 9.59 Å². The molecule has 2 N–H and O–H groups in total. The minimum atomic E-state index is -0.112. The van der Waals surface area contributed by atoms with Crippen molar-refractivity contribution in [2.45, 2.75) is 76.8 Å². The van der Waals surface area contributed by atoms with Crippen molar-refractivity contribution in [3.63, 3.8) is 0 Å². The molecule has 7 heteroatoms. The van der Waals surface area contributed by atoms with Gasteiger partial charge in [0.15, 0.2) is 0 Å². The molecule has 177 valence electrons. The van der Waals surface area contributed by atoms with Gasteiger partial charge in [0.05, 0.1) is 12.0 Å². The molecule has 3 amide bonds. The number of nitrogens with one attached hydrogen (secondary N) is 2. The average Bonchev–Trinajstić information content (AvgIpc) is 2.71. The van der Waals surface area contributed by atoms with Crippen molar-refractivity contribution >= 4 is 35.1 Å². The van der Waals surface area contributed by atoms with Crippen molar-refractivity contribution in [2.24, 2.45) is 0 Å². The Morgan fingerprint density at radius 1 is 0.938 bits per heavy atom. The Bertz CT molecular complexity index is 721. The first-order chi connectivity index (χ1) is 14.5. The molecule has 1 aliphatic carbocycles. The van der Waals surface area contributed by atoms with Crippen LogP contribution in [-0.4, -0.2) is 36.0 Å². The number of urea groups is 1. The first-order valence-electron chi connectivity index (χ1n) is 11.2. The van der Waals surface area contributed by atoms with Crippen LogP contribution < -0.4 is 10.6 Å². The van der Waals surface area contributed by atoms with Gasteiger partial charge < -0.3 is 15.5 Å². The Morgan fingerprint density at radius 2 is 1.62 bits per heavy atom. The highest BCUT2D eigenvalue weighted by Gasteiger charge is 2.28. The largest absolute Gasteiger partial charge is 0.354 e. The molecular weight excluding hydrogens is 445 g/mol. The number of nitrogens with zero attached hydrogens (tertiary/aromatic N) is 1. The predicted octanol–water partition coefficient (Wildman–Crippen LogP) is 6.15. The SMILES string of the molecule is O=C(NCC1CCCCN1C(=O)NCc1ccc(Cl)cc1Cl)[C]1CCCCCCC1.[CH2].[CH2]. The first-order valence-corrected chi connectivity index (χ1v) is 11.9. The summed E-state index contributed by atoms with van der Waals surface area (Å²) in [6, 6.07) is 5.18. The first kappa shape index (κ1) is 28.6. The second kappa shape index (κ2) is 14.6. The monoisotopic (exact) mass is 480 g/mol. The molecule has 1 unspecified atom stereocenters. The molecule has 2 aliphatic rings. The van der Waals surface area contributed by atoms with E-state index >= 15 is 0 Å². The van der Waals surface area contributed by atoms with Crippen molar-refractivity contribution in [1.82, 2.24) is 15.5 Å². The van der Waals surface area contributed by atoms with Gasteiger partial charge in [-0.05, 0) is 49.8 Å². The summed E-state index contributed by atoms with van der Waals surface area (Å²) in [5, 5.41) is 7.19. The Morgan fingerprint density at radius 3 is 2.31 bits per heavy atom. The van der Waals surface area contributed by atoms with Crippen LogP contribution in [0.5, 0.6) is 0 Å². The van der Waals surface area contributed by atoms with Gasteiger partial charge in [-0.15, -0.1) is 0 Å². The van der Waals surface area contributed by atoms with Crippen LogP contribution in [0.3, 0.4) is 0 Å². The summed E-state index contributed by atoms with van der Waals surface area (Å²) < 4.78 is 0. The molecule has 1 aromatic carbocycles. The van der Waals surface area contributed by atoms with Gasteiger partial charge in [-0.25, -0.2) is 4.79 Å². The number of hydrogen-bond donors (Lipinski definition) is 2. The van der Waals surface area contributed by atoms with Crippen LogP contribution in [0.25, 0.3) is 0 Å². The van der Waals surface area contributed by atoms with Gasteiger partial charge in [0, 0.05) is 29.7 Å². The van der Waals surface area contributed by atoms with E-state index in [9.17, 15) is 9.59 Å². The normalized spacial score (nSPS) is 19.6. The summed E-state index contributed by atoms with van der Waals surface area (Å²) >= 11 is 12.1. The highest BCUT2D eigenvalue weighted by atomic mass is 35.5. The van der Waals surface area contributed by atoms with Gasteiger partial charge >= 0.3 is 6.03 Å². The predicted molar refractivity (Wildman–Crippen MR) is 132 cm³/mol. The van der Waals surface area contributed by atoms with Crippen LogP contribution in [0.2, 0.25) is 10.0 Å². The Kier molecular flexibility index (Phi) is 13.1. The molecule has 32 heavy (non-hydrogen) atoms. The number of benzene rings is 1. The van der Waals surface area contributed by atoms with Crippen LogP contribution in [0.1, 0.15) is 69.8 Å². The molecule has 1 heterocycles. The summed E-state index contributed by atoms with van der Waals surface area (Å²) in [4.78, 5) is 27.3. The quantitative estimate of drug-likeness (QED) is 0.530.